The van der Waals surface area contributed by atoms with Gasteiger partial charge < -0.3 is 10.5 Å². The zero-order valence-corrected chi connectivity index (χ0v) is 8.93. The summed E-state index contributed by atoms with van der Waals surface area (Å²) in [6.07, 6.45) is 0.872. The Morgan fingerprint density at radius 3 is 2.93 bits per heavy atom. The SMILES string of the molecule is COc1c(CCN)ccc2ccsc12. The largest absolute Gasteiger partial charge is 0.495 e. The minimum absolute atomic E-state index is 0.660. The molecule has 0 saturated heterocycles. The normalized spacial score (nSPS) is 10.7. The van der Waals surface area contributed by atoms with Crippen molar-refractivity contribution in [2.75, 3.05) is 13.7 Å². The molecule has 0 fully saturated rings. The van der Waals surface area contributed by atoms with Crippen molar-refractivity contribution in [1.29, 1.82) is 0 Å². The number of thiophene rings is 1. The fourth-order valence-electron chi connectivity index (χ4n) is 1.62. The van der Waals surface area contributed by atoms with E-state index in [1.165, 1.54) is 15.6 Å². The van der Waals surface area contributed by atoms with Crippen LogP contribution in [0.5, 0.6) is 5.75 Å². The summed E-state index contributed by atoms with van der Waals surface area (Å²) in [6.45, 7) is 0.660. The molecule has 0 aliphatic rings. The number of nitrogens with two attached hydrogens (primary N) is 1. The molecule has 0 aliphatic heterocycles. The Bertz CT molecular complexity index is 436. The number of hydrogen-bond donors (Lipinski definition) is 1. The number of rotatable bonds is 3. The molecule has 0 radical (unpaired) electrons. The average Bonchev–Trinajstić information content (AvgIpc) is 2.66. The van der Waals surface area contributed by atoms with Crippen LogP contribution in [-0.2, 0) is 6.42 Å². The highest BCUT2D eigenvalue weighted by Gasteiger charge is 2.07. The highest BCUT2D eigenvalue weighted by atomic mass is 32.1. The molecule has 2 nitrogen and oxygen atoms in total. The fraction of sp³-hybridized carbons (Fsp3) is 0.273. The minimum atomic E-state index is 0.660. The average molecular weight is 207 g/mol. The Morgan fingerprint density at radius 1 is 1.36 bits per heavy atom. The van der Waals surface area contributed by atoms with Crippen molar-refractivity contribution < 1.29 is 4.74 Å². The van der Waals surface area contributed by atoms with Gasteiger partial charge in [0.1, 0.15) is 5.75 Å². The molecule has 74 valence electrons. The van der Waals surface area contributed by atoms with Crippen LogP contribution in [0.4, 0.5) is 0 Å². The molecule has 2 aromatic rings. The van der Waals surface area contributed by atoms with Gasteiger partial charge in [-0.3, -0.25) is 0 Å². The van der Waals surface area contributed by atoms with Crippen LogP contribution in [0.3, 0.4) is 0 Å². The van der Waals surface area contributed by atoms with E-state index in [1.807, 2.05) is 0 Å². The van der Waals surface area contributed by atoms with E-state index >= 15 is 0 Å². The van der Waals surface area contributed by atoms with Crippen LogP contribution >= 0.6 is 11.3 Å². The smallest absolute Gasteiger partial charge is 0.139 e. The molecule has 0 aliphatic carbocycles. The first kappa shape index (κ1) is 9.49. The molecule has 1 aromatic heterocycles. The van der Waals surface area contributed by atoms with Crippen LogP contribution in [0.25, 0.3) is 10.1 Å². The van der Waals surface area contributed by atoms with E-state index in [4.69, 9.17) is 10.5 Å². The van der Waals surface area contributed by atoms with E-state index in [-0.39, 0.29) is 0 Å². The summed E-state index contributed by atoms with van der Waals surface area (Å²) >= 11 is 1.71. The molecule has 14 heavy (non-hydrogen) atoms. The Morgan fingerprint density at radius 2 is 2.21 bits per heavy atom. The van der Waals surface area contributed by atoms with Gasteiger partial charge in [0.2, 0.25) is 0 Å². The summed E-state index contributed by atoms with van der Waals surface area (Å²) < 4.78 is 6.65. The standard InChI is InChI=1S/C11H13NOS/c1-13-10-8(4-6-12)2-3-9-5-7-14-11(9)10/h2-3,5,7H,4,6,12H2,1H3. The lowest BCUT2D eigenvalue weighted by Crippen LogP contribution is -2.04. The van der Waals surface area contributed by atoms with Gasteiger partial charge in [-0.2, -0.15) is 0 Å². The number of methoxy groups -OCH3 is 1. The van der Waals surface area contributed by atoms with E-state index in [0.717, 1.165) is 12.2 Å². The third kappa shape index (κ3) is 1.49. The van der Waals surface area contributed by atoms with E-state index in [9.17, 15) is 0 Å². The highest BCUT2D eigenvalue weighted by Crippen LogP contribution is 2.33. The first-order valence-electron chi connectivity index (χ1n) is 4.60. The van der Waals surface area contributed by atoms with Gasteiger partial charge in [0, 0.05) is 0 Å². The summed E-state index contributed by atoms with van der Waals surface area (Å²) in [5, 5.41) is 3.33. The zero-order chi connectivity index (χ0) is 9.97. The molecule has 0 saturated carbocycles. The van der Waals surface area contributed by atoms with Crippen LogP contribution in [0, 0.1) is 0 Å². The topological polar surface area (TPSA) is 35.2 Å². The molecule has 1 aromatic carbocycles. The number of ether oxygens (including phenoxy) is 1. The van der Waals surface area contributed by atoms with Crippen molar-refractivity contribution in [2.45, 2.75) is 6.42 Å². The predicted octanol–water partition coefficient (Wildman–Crippen LogP) is 2.41. The molecule has 0 atom stereocenters. The lowest BCUT2D eigenvalue weighted by Gasteiger charge is -2.08. The highest BCUT2D eigenvalue weighted by molar-refractivity contribution is 7.17. The Labute approximate surface area is 87.3 Å². The minimum Gasteiger partial charge on any atom is -0.495 e. The van der Waals surface area contributed by atoms with Gasteiger partial charge in [-0.1, -0.05) is 12.1 Å². The second-order valence-corrected chi connectivity index (χ2v) is 4.05. The van der Waals surface area contributed by atoms with Crippen molar-refractivity contribution in [1.82, 2.24) is 0 Å². The number of hydrogen-bond acceptors (Lipinski definition) is 3. The maximum atomic E-state index is 5.55. The van der Waals surface area contributed by atoms with E-state index in [2.05, 4.69) is 23.6 Å². The summed E-state index contributed by atoms with van der Waals surface area (Å²) in [5.74, 6) is 0.989. The maximum Gasteiger partial charge on any atom is 0.139 e. The predicted molar refractivity (Wildman–Crippen MR) is 61.1 cm³/mol. The van der Waals surface area contributed by atoms with Crippen molar-refractivity contribution >= 4 is 21.4 Å². The van der Waals surface area contributed by atoms with Gasteiger partial charge in [0.05, 0.1) is 11.8 Å². The maximum absolute atomic E-state index is 5.55. The molecule has 3 heteroatoms. The molecule has 0 unspecified atom stereocenters. The van der Waals surface area contributed by atoms with Crippen LogP contribution in [0.2, 0.25) is 0 Å². The molecular weight excluding hydrogens is 194 g/mol. The van der Waals surface area contributed by atoms with Crippen LogP contribution in [0.1, 0.15) is 5.56 Å². The van der Waals surface area contributed by atoms with Crippen molar-refractivity contribution in [3.63, 3.8) is 0 Å². The lowest BCUT2D eigenvalue weighted by atomic mass is 10.1. The summed E-state index contributed by atoms with van der Waals surface area (Å²) in [5.41, 5.74) is 6.75. The van der Waals surface area contributed by atoms with Crippen LogP contribution < -0.4 is 10.5 Å². The molecular formula is C11H13NOS. The quantitative estimate of drug-likeness (QED) is 0.838. The summed E-state index contributed by atoms with van der Waals surface area (Å²) in [4.78, 5) is 0. The van der Waals surface area contributed by atoms with Crippen LogP contribution in [0.15, 0.2) is 23.6 Å². The fourth-order valence-corrected chi connectivity index (χ4v) is 2.57. The zero-order valence-electron chi connectivity index (χ0n) is 8.12. The second kappa shape index (κ2) is 3.98. The molecule has 1 heterocycles. The van der Waals surface area contributed by atoms with Gasteiger partial charge >= 0.3 is 0 Å². The second-order valence-electron chi connectivity index (χ2n) is 3.14. The van der Waals surface area contributed by atoms with Gasteiger partial charge in [-0.25, -0.2) is 0 Å². The van der Waals surface area contributed by atoms with Gasteiger partial charge in [0.15, 0.2) is 0 Å². The third-order valence-corrected chi connectivity index (χ3v) is 3.20. The van der Waals surface area contributed by atoms with Crippen LogP contribution in [-0.4, -0.2) is 13.7 Å². The Balaban J connectivity index is 2.60. The van der Waals surface area contributed by atoms with Crippen molar-refractivity contribution in [3.05, 3.63) is 29.1 Å². The molecule has 2 rings (SSSR count). The first-order valence-corrected chi connectivity index (χ1v) is 5.48. The van der Waals surface area contributed by atoms with Gasteiger partial charge in [0.25, 0.3) is 0 Å². The number of fused-ring (bicyclic) bond motifs is 1. The van der Waals surface area contributed by atoms with Crippen molar-refractivity contribution in [2.24, 2.45) is 5.73 Å². The summed E-state index contributed by atoms with van der Waals surface area (Å²) in [6, 6.07) is 6.33. The Hall–Kier alpha value is -1.06. The molecule has 2 N–H and O–H groups in total. The van der Waals surface area contributed by atoms with Crippen molar-refractivity contribution in [3.8, 4) is 5.75 Å². The molecule has 0 spiro atoms. The monoisotopic (exact) mass is 207 g/mol. The van der Waals surface area contributed by atoms with E-state index < -0.39 is 0 Å². The Kier molecular flexibility index (Phi) is 2.70. The lowest BCUT2D eigenvalue weighted by molar-refractivity contribution is 0.415. The molecule has 0 amide bonds. The molecule has 0 bridgehead atoms. The van der Waals surface area contributed by atoms with E-state index in [0.29, 0.717) is 6.54 Å². The first-order chi connectivity index (χ1) is 6.86. The third-order valence-electron chi connectivity index (χ3n) is 2.28. The summed E-state index contributed by atoms with van der Waals surface area (Å²) in [7, 11) is 1.72. The van der Waals surface area contributed by atoms with Gasteiger partial charge in [-0.15, -0.1) is 11.3 Å². The van der Waals surface area contributed by atoms with Gasteiger partial charge in [-0.05, 0) is 35.4 Å². The number of benzene rings is 1. The van der Waals surface area contributed by atoms with E-state index in [1.54, 1.807) is 18.4 Å².